The average Bonchev–Trinajstić information content (AvgIpc) is 2.84. The van der Waals surface area contributed by atoms with Crippen molar-refractivity contribution < 1.29 is 9.90 Å². The fraction of sp³-hybridized carbons (Fsp3) is 0.647. The van der Waals surface area contributed by atoms with E-state index in [1.807, 2.05) is 18.3 Å². The number of hydrogen-bond acceptors (Lipinski definition) is 5. The van der Waals surface area contributed by atoms with Crippen molar-refractivity contribution in [3.8, 4) is 0 Å². The monoisotopic (exact) mass is 390 g/mol. The van der Waals surface area contributed by atoms with Crippen molar-refractivity contribution in [3.05, 3.63) is 23.9 Å². The van der Waals surface area contributed by atoms with Crippen LogP contribution in [0.2, 0.25) is 0 Å². The molecule has 2 unspecified atom stereocenters. The van der Waals surface area contributed by atoms with Gasteiger partial charge in [-0.1, -0.05) is 18.9 Å². The van der Waals surface area contributed by atoms with Gasteiger partial charge in [0.2, 0.25) is 5.91 Å². The van der Waals surface area contributed by atoms with Gasteiger partial charge in [-0.15, -0.1) is 24.8 Å². The number of β-amino-alcohol motifs (C(OH)–C–C–N with tert-alkyl or cyclic N) is 1. The summed E-state index contributed by atoms with van der Waals surface area (Å²) in [6, 6.07) is 3.80. The Hall–Kier alpha value is -1.08. The molecule has 0 radical (unpaired) electrons. The Bertz CT molecular complexity index is 522. The maximum absolute atomic E-state index is 12.0. The highest BCUT2D eigenvalue weighted by atomic mass is 35.5. The zero-order chi connectivity index (χ0) is 16.1. The molecule has 6 nitrogen and oxygen atoms in total. The molecule has 0 saturated carbocycles. The van der Waals surface area contributed by atoms with Crippen LogP contribution >= 0.6 is 24.8 Å². The van der Waals surface area contributed by atoms with Crippen molar-refractivity contribution in [2.75, 3.05) is 24.5 Å². The van der Waals surface area contributed by atoms with Crippen LogP contribution in [-0.2, 0) is 11.3 Å². The van der Waals surface area contributed by atoms with Crippen molar-refractivity contribution in [2.45, 2.75) is 50.8 Å². The van der Waals surface area contributed by atoms with Crippen LogP contribution in [-0.4, -0.2) is 47.8 Å². The molecular formula is C17H28Cl2N4O2. The molecular weight excluding hydrogens is 363 g/mol. The van der Waals surface area contributed by atoms with Crippen LogP contribution in [0.3, 0.4) is 0 Å². The normalized spacial score (nSPS) is 23.2. The molecule has 2 fully saturated rings. The van der Waals surface area contributed by atoms with Gasteiger partial charge in [0.15, 0.2) is 0 Å². The first-order chi connectivity index (χ1) is 11.2. The average molecular weight is 391 g/mol. The summed E-state index contributed by atoms with van der Waals surface area (Å²) in [6.45, 7) is 3.13. The SMILES string of the molecule is Cl.Cl.O=C(NCc1ccc(N2CCCCCC2)nc1)C1CC(O)CN1. The van der Waals surface area contributed by atoms with Gasteiger partial charge in [-0.05, 0) is 30.9 Å². The summed E-state index contributed by atoms with van der Waals surface area (Å²) < 4.78 is 0. The highest BCUT2D eigenvalue weighted by Crippen LogP contribution is 2.17. The summed E-state index contributed by atoms with van der Waals surface area (Å²) in [4.78, 5) is 18.9. The summed E-state index contributed by atoms with van der Waals surface area (Å²) in [5.74, 6) is 0.973. The highest BCUT2D eigenvalue weighted by Gasteiger charge is 2.27. The smallest absolute Gasteiger partial charge is 0.237 e. The van der Waals surface area contributed by atoms with E-state index in [-0.39, 0.29) is 36.8 Å². The highest BCUT2D eigenvalue weighted by molar-refractivity contribution is 5.85. The number of anilines is 1. The summed E-state index contributed by atoms with van der Waals surface area (Å²) in [5, 5.41) is 15.4. The predicted molar refractivity (Wildman–Crippen MR) is 104 cm³/mol. The molecule has 0 aliphatic carbocycles. The number of nitrogens with one attached hydrogen (secondary N) is 2. The molecule has 25 heavy (non-hydrogen) atoms. The van der Waals surface area contributed by atoms with E-state index in [0.29, 0.717) is 19.5 Å². The minimum absolute atomic E-state index is 0. The fourth-order valence-electron chi connectivity index (χ4n) is 3.24. The van der Waals surface area contributed by atoms with Gasteiger partial charge >= 0.3 is 0 Å². The van der Waals surface area contributed by atoms with E-state index in [2.05, 4.69) is 20.5 Å². The Morgan fingerprint density at radius 3 is 2.52 bits per heavy atom. The Balaban J connectivity index is 0.00000156. The molecule has 2 atom stereocenters. The van der Waals surface area contributed by atoms with Crippen LogP contribution in [0.1, 0.15) is 37.7 Å². The maximum atomic E-state index is 12.0. The lowest BCUT2D eigenvalue weighted by Crippen LogP contribution is -2.40. The lowest BCUT2D eigenvalue weighted by molar-refractivity contribution is -0.123. The topological polar surface area (TPSA) is 77.5 Å². The molecule has 3 N–H and O–H groups in total. The summed E-state index contributed by atoms with van der Waals surface area (Å²) >= 11 is 0. The Morgan fingerprint density at radius 2 is 1.96 bits per heavy atom. The van der Waals surface area contributed by atoms with Crippen LogP contribution in [0.5, 0.6) is 0 Å². The van der Waals surface area contributed by atoms with Gasteiger partial charge in [0.25, 0.3) is 0 Å². The number of aliphatic hydroxyl groups excluding tert-OH is 1. The van der Waals surface area contributed by atoms with Crippen molar-refractivity contribution in [3.63, 3.8) is 0 Å². The van der Waals surface area contributed by atoms with Gasteiger partial charge in [-0.3, -0.25) is 4.79 Å². The third kappa shape index (κ3) is 6.29. The van der Waals surface area contributed by atoms with Gasteiger partial charge in [0.1, 0.15) is 5.82 Å². The lowest BCUT2D eigenvalue weighted by Gasteiger charge is -2.21. The van der Waals surface area contributed by atoms with Crippen LogP contribution in [0.25, 0.3) is 0 Å². The number of aromatic nitrogens is 1. The number of nitrogens with zero attached hydrogens (tertiary/aromatic N) is 2. The lowest BCUT2D eigenvalue weighted by atomic mass is 10.2. The Kier molecular flexibility index (Phi) is 9.50. The molecule has 8 heteroatoms. The quantitative estimate of drug-likeness (QED) is 0.728. The van der Waals surface area contributed by atoms with Crippen LogP contribution in [0, 0.1) is 0 Å². The summed E-state index contributed by atoms with van der Waals surface area (Å²) in [7, 11) is 0. The van der Waals surface area contributed by atoms with Crippen LogP contribution in [0.15, 0.2) is 18.3 Å². The van der Waals surface area contributed by atoms with E-state index in [0.717, 1.165) is 24.5 Å². The number of rotatable bonds is 4. The number of carbonyl (C=O) groups excluding carboxylic acids is 1. The Labute approximate surface area is 161 Å². The fourth-order valence-corrected chi connectivity index (χ4v) is 3.24. The maximum Gasteiger partial charge on any atom is 0.237 e. The molecule has 0 aromatic carbocycles. The first kappa shape index (κ1) is 22.0. The second-order valence-corrected chi connectivity index (χ2v) is 6.49. The minimum Gasteiger partial charge on any atom is -0.392 e. The van der Waals surface area contributed by atoms with Crippen molar-refractivity contribution in [1.82, 2.24) is 15.6 Å². The molecule has 0 spiro atoms. The van der Waals surface area contributed by atoms with Crippen LogP contribution < -0.4 is 15.5 Å². The number of aliphatic hydroxyl groups is 1. The molecule has 2 saturated heterocycles. The van der Waals surface area contributed by atoms with E-state index < -0.39 is 6.10 Å². The minimum atomic E-state index is -0.416. The number of hydrogen-bond donors (Lipinski definition) is 3. The molecule has 1 aromatic rings. The largest absolute Gasteiger partial charge is 0.392 e. The number of amides is 1. The zero-order valence-corrected chi connectivity index (χ0v) is 16.0. The van der Waals surface area contributed by atoms with Gasteiger partial charge in [-0.2, -0.15) is 0 Å². The van der Waals surface area contributed by atoms with Gasteiger partial charge < -0.3 is 20.6 Å². The molecule has 142 valence electrons. The van der Waals surface area contributed by atoms with E-state index in [1.54, 1.807) is 0 Å². The van der Waals surface area contributed by atoms with Crippen molar-refractivity contribution in [1.29, 1.82) is 0 Å². The standard InChI is InChI=1S/C17H26N4O2.2ClH/c22-14-9-15(18-12-14)17(23)20-11-13-5-6-16(19-10-13)21-7-3-1-2-4-8-21;;/h5-6,10,14-15,18,22H,1-4,7-9,11-12H2,(H,20,23);2*1H. The first-order valence-electron chi connectivity index (χ1n) is 8.61. The third-order valence-electron chi connectivity index (χ3n) is 4.63. The van der Waals surface area contributed by atoms with Gasteiger partial charge in [0.05, 0.1) is 12.1 Å². The molecule has 0 bridgehead atoms. The Morgan fingerprint density at radius 1 is 1.24 bits per heavy atom. The van der Waals surface area contributed by atoms with Crippen molar-refractivity contribution >= 4 is 36.5 Å². The zero-order valence-electron chi connectivity index (χ0n) is 14.3. The molecule has 1 aromatic heterocycles. The van der Waals surface area contributed by atoms with E-state index in [4.69, 9.17) is 0 Å². The first-order valence-corrected chi connectivity index (χ1v) is 8.61. The van der Waals surface area contributed by atoms with Gasteiger partial charge in [0, 0.05) is 32.4 Å². The number of halogens is 2. The summed E-state index contributed by atoms with van der Waals surface area (Å²) in [6.07, 6.45) is 7.00. The van der Waals surface area contributed by atoms with E-state index in [1.165, 1.54) is 25.7 Å². The predicted octanol–water partition coefficient (Wildman–Crippen LogP) is 1.64. The van der Waals surface area contributed by atoms with Crippen molar-refractivity contribution in [2.24, 2.45) is 0 Å². The molecule has 2 aliphatic heterocycles. The summed E-state index contributed by atoms with van der Waals surface area (Å²) in [5.41, 5.74) is 0.996. The second kappa shape index (κ2) is 10.8. The van der Waals surface area contributed by atoms with Gasteiger partial charge in [-0.25, -0.2) is 4.98 Å². The van der Waals surface area contributed by atoms with E-state index >= 15 is 0 Å². The molecule has 2 aliphatic rings. The molecule has 3 rings (SSSR count). The second-order valence-electron chi connectivity index (χ2n) is 6.49. The third-order valence-corrected chi connectivity index (χ3v) is 4.63. The number of carbonyl (C=O) groups is 1. The molecule has 3 heterocycles. The van der Waals surface area contributed by atoms with Crippen LogP contribution in [0.4, 0.5) is 5.82 Å². The number of pyridine rings is 1. The van der Waals surface area contributed by atoms with E-state index in [9.17, 15) is 9.90 Å². The molecule has 1 amide bonds.